The van der Waals surface area contributed by atoms with Crippen LogP contribution in [0.2, 0.25) is 5.02 Å². The summed E-state index contributed by atoms with van der Waals surface area (Å²) in [5, 5.41) is 0.665. The Kier molecular flexibility index (Phi) is 3.07. The molecule has 2 heterocycles. The van der Waals surface area contributed by atoms with Crippen molar-refractivity contribution in [3.63, 3.8) is 0 Å². The van der Waals surface area contributed by atoms with Crippen molar-refractivity contribution in [1.82, 2.24) is 9.38 Å². The van der Waals surface area contributed by atoms with Crippen LogP contribution in [0.4, 0.5) is 0 Å². The van der Waals surface area contributed by atoms with Gasteiger partial charge in [0.05, 0.1) is 5.69 Å². The van der Waals surface area contributed by atoms with Crippen LogP contribution in [0.1, 0.15) is 11.3 Å². The molecule has 2 aromatic heterocycles. The van der Waals surface area contributed by atoms with E-state index in [2.05, 4.69) is 4.98 Å². The number of pyridine rings is 1. The molecule has 0 atom stereocenters. The number of hydrogen-bond acceptors (Lipinski definition) is 2. The Labute approximate surface area is 121 Å². The van der Waals surface area contributed by atoms with E-state index in [1.165, 1.54) is 0 Å². The van der Waals surface area contributed by atoms with Gasteiger partial charge in [0, 0.05) is 22.3 Å². The first-order valence-corrected chi connectivity index (χ1v) is 6.69. The quantitative estimate of drug-likeness (QED) is 0.684. The average Bonchev–Trinajstić information content (AvgIpc) is 2.38. The molecule has 0 aliphatic heterocycles. The van der Waals surface area contributed by atoms with Crippen LogP contribution in [0.15, 0.2) is 47.3 Å². The minimum Gasteiger partial charge on any atom is -0.269 e. The molecule has 0 aliphatic rings. The summed E-state index contributed by atoms with van der Waals surface area (Å²) < 4.78 is 1.62. The molecule has 0 bridgehead atoms. The molecule has 0 spiro atoms. The van der Waals surface area contributed by atoms with Crippen LogP contribution in [0.5, 0.6) is 0 Å². The lowest BCUT2D eigenvalue weighted by atomic mass is 10.1. The fourth-order valence-electron chi connectivity index (χ4n) is 2.36. The summed E-state index contributed by atoms with van der Waals surface area (Å²) in [6, 6.07) is 12.8. The van der Waals surface area contributed by atoms with Crippen molar-refractivity contribution in [3.05, 3.63) is 69.1 Å². The molecule has 0 saturated heterocycles. The van der Waals surface area contributed by atoms with Gasteiger partial charge in [0.25, 0.3) is 5.56 Å². The molecule has 3 nitrogen and oxygen atoms in total. The molecule has 4 heteroatoms. The molecule has 0 unspecified atom stereocenters. The summed E-state index contributed by atoms with van der Waals surface area (Å²) in [4.78, 5) is 16.8. The van der Waals surface area contributed by atoms with E-state index in [-0.39, 0.29) is 5.56 Å². The molecular formula is C16H13ClN2O. The number of aryl methyl sites for hydroxylation is 2. The predicted molar refractivity (Wildman–Crippen MR) is 81.4 cm³/mol. The van der Waals surface area contributed by atoms with E-state index in [1.54, 1.807) is 22.6 Å². The van der Waals surface area contributed by atoms with Crippen molar-refractivity contribution >= 4 is 17.2 Å². The minimum atomic E-state index is -0.0718. The van der Waals surface area contributed by atoms with Crippen LogP contribution < -0.4 is 5.56 Å². The van der Waals surface area contributed by atoms with Gasteiger partial charge in [-0.1, -0.05) is 23.7 Å². The van der Waals surface area contributed by atoms with Crippen LogP contribution in [-0.2, 0) is 0 Å². The highest BCUT2D eigenvalue weighted by atomic mass is 35.5. The summed E-state index contributed by atoms with van der Waals surface area (Å²) in [6.07, 6.45) is 0. The zero-order valence-electron chi connectivity index (χ0n) is 11.2. The van der Waals surface area contributed by atoms with Crippen molar-refractivity contribution in [2.75, 3.05) is 0 Å². The Morgan fingerprint density at radius 3 is 2.45 bits per heavy atom. The number of benzene rings is 1. The van der Waals surface area contributed by atoms with E-state index >= 15 is 0 Å². The van der Waals surface area contributed by atoms with E-state index in [1.807, 2.05) is 38.1 Å². The maximum atomic E-state index is 12.3. The van der Waals surface area contributed by atoms with Gasteiger partial charge >= 0.3 is 0 Å². The standard InChI is InChI=1S/C16H13ClN2O/c1-10-7-11(2)19-15(8-10)18-14(9-16(19)20)12-3-5-13(17)6-4-12/h3-9H,1-2H3. The third-order valence-electron chi connectivity index (χ3n) is 3.23. The Balaban J connectivity index is 2.29. The average molecular weight is 285 g/mol. The van der Waals surface area contributed by atoms with Gasteiger partial charge < -0.3 is 0 Å². The van der Waals surface area contributed by atoms with Crippen molar-refractivity contribution in [2.24, 2.45) is 0 Å². The smallest absolute Gasteiger partial charge is 0.258 e. The van der Waals surface area contributed by atoms with Crippen molar-refractivity contribution in [1.29, 1.82) is 0 Å². The minimum absolute atomic E-state index is 0.0718. The first kappa shape index (κ1) is 12.9. The van der Waals surface area contributed by atoms with Crippen LogP contribution in [0.25, 0.3) is 16.9 Å². The highest BCUT2D eigenvalue weighted by Crippen LogP contribution is 2.19. The first-order valence-electron chi connectivity index (χ1n) is 6.31. The zero-order chi connectivity index (χ0) is 14.3. The van der Waals surface area contributed by atoms with E-state index in [4.69, 9.17) is 11.6 Å². The van der Waals surface area contributed by atoms with Crippen LogP contribution in [-0.4, -0.2) is 9.38 Å². The summed E-state index contributed by atoms with van der Waals surface area (Å²) in [5.74, 6) is 0. The van der Waals surface area contributed by atoms with Crippen molar-refractivity contribution < 1.29 is 0 Å². The molecule has 0 N–H and O–H groups in total. The second kappa shape index (κ2) is 4.76. The van der Waals surface area contributed by atoms with Gasteiger partial charge in [-0.15, -0.1) is 0 Å². The molecule has 0 saturated carbocycles. The molecule has 100 valence electrons. The highest BCUT2D eigenvalue weighted by Gasteiger charge is 2.07. The van der Waals surface area contributed by atoms with Gasteiger partial charge in [0.1, 0.15) is 5.65 Å². The van der Waals surface area contributed by atoms with E-state index in [0.29, 0.717) is 16.4 Å². The first-order chi connectivity index (χ1) is 9.54. The second-order valence-corrected chi connectivity index (χ2v) is 5.29. The molecule has 3 aromatic rings. The summed E-state index contributed by atoms with van der Waals surface area (Å²) in [7, 11) is 0. The van der Waals surface area contributed by atoms with Crippen molar-refractivity contribution in [2.45, 2.75) is 13.8 Å². The molecular weight excluding hydrogens is 272 g/mol. The summed E-state index contributed by atoms with van der Waals surface area (Å²) in [5.41, 5.74) is 4.12. The normalized spacial score (nSPS) is 10.9. The van der Waals surface area contributed by atoms with Gasteiger partial charge in [-0.25, -0.2) is 4.98 Å². The monoisotopic (exact) mass is 284 g/mol. The zero-order valence-corrected chi connectivity index (χ0v) is 12.0. The fraction of sp³-hybridized carbons (Fsp3) is 0.125. The second-order valence-electron chi connectivity index (χ2n) is 4.85. The van der Waals surface area contributed by atoms with Crippen LogP contribution in [0.3, 0.4) is 0 Å². The number of rotatable bonds is 1. The predicted octanol–water partition coefficient (Wildman–Crippen LogP) is 3.63. The van der Waals surface area contributed by atoms with Gasteiger partial charge in [0.2, 0.25) is 0 Å². The lowest BCUT2D eigenvalue weighted by Crippen LogP contribution is -2.16. The SMILES string of the molecule is Cc1cc(C)n2c(=O)cc(-c3ccc(Cl)cc3)nc2c1. The van der Waals surface area contributed by atoms with Gasteiger partial charge in [-0.3, -0.25) is 9.20 Å². The number of fused-ring (bicyclic) bond motifs is 1. The van der Waals surface area contributed by atoms with Gasteiger partial charge in [-0.2, -0.15) is 0 Å². The Bertz CT molecular complexity index is 851. The van der Waals surface area contributed by atoms with Gasteiger partial charge in [0.15, 0.2) is 0 Å². The Hall–Kier alpha value is -2.13. The number of halogens is 1. The van der Waals surface area contributed by atoms with Crippen LogP contribution >= 0.6 is 11.6 Å². The molecule has 1 aromatic carbocycles. The molecule has 3 rings (SSSR count). The Morgan fingerprint density at radius 2 is 1.75 bits per heavy atom. The largest absolute Gasteiger partial charge is 0.269 e. The number of aromatic nitrogens is 2. The molecule has 20 heavy (non-hydrogen) atoms. The number of nitrogens with zero attached hydrogens (tertiary/aromatic N) is 2. The maximum absolute atomic E-state index is 12.3. The maximum Gasteiger partial charge on any atom is 0.258 e. The van der Waals surface area contributed by atoms with Crippen molar-refractivity contribution in [3.8, 4) is 11.3 Å². The van der Waals surface area contributed by atoms with Gasteiger partial charge in [-0.05, 0) is 43.7 Å². The highest BCUT2D eigenvalue weighted by molar-refractivity contribution is 6.30. The third kappa shape index (κ3) is 2.21. The number of hydrogen-bond donors (Lipinski definition) is 0. The topological polar surface area (TPSA) is 34.4 Å². The van der Waals surface area contributed by atoms with E-state index in [9.17, 15) is 4.79 Å². The Morgan fingerprint density at radius 1 is 1.05 bits per heavy atom. The lowest BCUT2D eigenvalue weighted by molar-refractivity contribution is 0.986. The van der Waals surface area contributed by atoms with E-state index < -0.39 is 0 Å². The summed E-state index contributed by atoms with van der Waals surface area (Å²) in [6.45, 7) is 3.90. The van der Waals surface area contributed by atoms with Crippen LogP contribution in [0, 0.1) is 13.8 Å². The summed E-state index contributed by atoms with van der Waals surface area (Å²) >= 11 is 5.88. The molecule has 0 aliphatic carbocycles. The fourth-order valence-corrected chi connectivity index (χ4v) is 2.49. The lowest BCUT2D eigenvalue weighted by Gasteiger charge is -2.08. The molecule has 0 fully saturated rings. The molecule has 0 amide bonds. The van der Waals surface area contributed by atoms with E-state index in [0.717, 1.165) is 16.8 Å². The molecule has 0 radical (unpaired) electrons. The third-order valence-corrected chi connectivity index (χ3v) is 3.48.